The van der Waals surface area contributed by atoms with Gasteiger partial charge >= 0.3 is 6.03 Å². The van der Waals surface area contributed by atoms with Crippen LogP contribution in [0.25, 0.3) is 0 Å². The Hall–Kier alpha value is -3.58. The van der Waals surface area contributed by atoms with Gasteiger partial charge in [-0.2, -0.15) is 0 Å². The molecule has 1 heterocycles. The molecule has 1 rings (SSSR count). The third-order valence-corrected chi connectivity index (χ3v) is 5.41. The number of nitrogens with two attached hydrogens (primary N) is 3. The van der Waals surface area contributed by atoms with Crippen LogP contribution in [0, 0.1) is 0 Å². The van der Waals surface area contributed by atoms with Gasteiger partial charge in [0.1, 0.15) is 18.1 Å². The Morgan fingerprint density at radius 1 is 1.00 bits per heavy atom. The van der Waals surface area contributed by atoms with Crippen LogP contribution in [0.1, 0.15) is 52.4 Å². The van der Waals surface area contributed by atoms with Gasteiger partial charge in [0.2, 0.25) is 23.6 Å². The summed E-state index contributed by atoms with van der Waals surface area (Å²) in [5, 5.41) is 10.5. The van der Waals surface area contributed by atoms with Crippen molar-refractivity contribution in [2.75, 3.05) is 26.2 Å². The third-order valence-electron chi connectivity index (χ3n) is 5.41. The van der Waals surface area contributed by atoms with E-state index in [4.69, 9.17) is 17.2 Å². The van der Waals surface area contributed by atoms with Gasteiger partial charge in [-0.05, 0) is 45.4 Å². The van der Waals surface area contributed by atoms with Gasteiger partial charge in [0.25, 0.3) is 0 Å². The van der Waals surface area contributed by atoms with E-state index in [-0.39, 0.29) is 37.8 Å². The van der Waals surface area contributed by atoms with Crippen molar-refractivity contribution < 1.29 is 24.0 Å². The number of amides is 6. The van der Waals surface area contributed by atoms with Gasteiger partial charge in [-0.3, -0.25) is 24.2 Å². The van der Waals surface area contributed by atoms with Crippen molar-refractivity contribution in [3.05, 3.63) is 0 Å². The van der Waals surface area contributed by atoms with Crippen LogP contribution < -0.4 is 38.5 Å². The predicted molar refractivity (Wildman–Crippen MR) is 130 cm³/mol. The predicted octanol–water partition coefficient (Wildman–Crippen LogP) is -2.39. The van der Waals surface area contributed by atoms with Crippen LogP contribution in [0.4, 0.5) is 4.79 Å². The smallest absolute Gasteiger partial charge is 0.312 e. The molecule has 0 aliphatic carbocycles. The SMILES string of the molecule is CCNC(=O)[C@@H]1CCCN1C(=O)[C@H](CCCNC(N)=O)NC(=O)[C@H](CCCN=C(N)N)NC(C)=O. The molecular weight excluding hydrogens is 458 g/mol. The number of nitrogens with one attached hydrogen (secondary N) is 4. The molecule has 10 N–H and O–H groups in total. The standard InChI is InChI=1S/C21H39N9O5/c1-3-25-18(33)16-9-6-12-30(16)19(34)15(8-5-11-27-21(24)35)29-17(32)14(28-13(2)31)7-4-10-26-20(22)23/h14-16H,3-12H2,1-2H3,(H,25,33)(H,28,31)(H,29,32)(H4,22,23,26)(H3,24,27,35)/t14-,15-,16-/m0/s1. The lowest BCUT2D eigenvalue weighted by Gasteiger charge is -2.29. The molecule has 1 saturated heterocycles. The number of hydrogen-bond donors (Lipinski definition) is 7. The highest BCUT2D eigenvalue weighted by atomic mass is 16.2. The fraction of sp³-hybridized carbons (Fsp3) is 0.714. The number of urea groups is 1. The number of likely N-dealkylation sites (N-methyl/N-ethyl adjacent to an activating group) is 1. The summed E-state index contributed by atoms with van der Waals surface area (Å²) < 4.78 is 0. The van der Waals surface area contributed by atoms with E-state index in [0.717, 1.165) is 0 Å². The molecule has 0 unspecified atom stereocenters. The van der Waals surface area contributed by atoms with E-state index in [2.05, 4.69) is 26.3 Å². The van der Waals surface area contributed by atoms with E-state index in [9.17, 15) is 24.0 Å². The minimum atomic E-state index is -0.957. The number of carbonyl (C=O) groups is 5. The van der Waals surface area contributed by atoms with E-state index >= 15 is 0 Å². The Balaban J connectivity index is 2.96. The third kappa shape index (κ3) is 10.9. The highest BCUT2D eigenvalue weighted by Gasteiger charge is 2.37. The van der Waals surface area contributed by atoms with E-state index in [1.54, 1.807) is 6.92 Å². The van der Waals surface area contributed by atoms with E-state index in [1.165, 1.54) is 11.8 Å². The van der Waals surface area contributed by atoms with Gasteiger partial charge < -0.3 is 43.4 Å². The number of nitrogens with zero attached hydrogens (tertiary/aromatic N) is 2. The zero-order valence-corrected chi connectivity index (χ0v) is 20.5. The molecule has 0 saturated carbocycles. The summed E-state index contributed by atoms with van der Waals surface area (Å²) in [6.45, 7) is 4.39. The second kappa shape index (κ2) is 15.3. The van der Waals surface area contributed by atoms with Crippen molar-refractivity contribution in [1.29, 1.82) is 0 Å². The molecule has 0 aromatic heterocycles. The maximum Gasteiger partial charge on any atom is 0.312 e. The van der Waals surface area contributed by atoms with Crippen molar-refractivity contribution >= 4 is 35.6 Å². The van der Waals surface area contributed by atoms with Gasteiger partial charge in [0.15, 0.2) is 5.96 Å². The topological polar surface area (TPSA) is 227 Å². The monoisotopic (exact) mass is 497 g/mol. The summed E-state index contributed by atoms with van der Waals surface area (Å²) in [5.74, 6) is -1.66. The molecule has 3 atom stereocenters. The van der Waals surface area contributed by atoms with E-state index in [0.29, 0.717) is 38.8 Å². The molecule has 0 radical (unpaired) electrons. The highest BCUT2D eigenvalue weighted by Crippen LogP contribution is 2.20. The van der Waals surface area contributed by atoms with Crippen molar-refractivity contribution in [3.63, 3.8) is 0 Å². The number of likely N-dealkylation sites (tertiary alicyclic amines) is 1. The normalized spacial score (nSPS) is 16.5. The second-order valence-electron chi connectivity index (χ2n) is 8.28. The van der Waals surface area contributed by atoms with Crippen molar-refractivity contribution in [2.24, 2.45) is 22.2 Å². The molecule has 1 aliphatic heterocycles. The summed E-state index contributed by atoms with van der Waals surface area (Å²) in [6.07, 6.45) is 2.41. The lowest BCUT2D eigenvalue weighted by Crippen LogP contribution is -2.56. The van der Waals surface area contributed by atoms with Crippen LogP contribution in [0.15, 0.2) is 4.99 Å². The number of guanidine groups is 1. The molecule has 6 amide bonds. The van der Waals surface area contributed by atoms with E-state index < -0.39 is 41.9 Å². The molecule has 0 aromatic carbocycles. The minimum absolute atomic E-state index is 0.0759. The van der Waals surface area contributed by atoms with Crippen LogP contribution in [-0.4, -0.2) is 84.8 Å². The van der Waals surface area contributed by atoms with Crippen molar-refractivity contribution in [3.8, 4) is 0 Å². The number of carbonyl (C=O) groups excluding carboxylic acids is 5. The maximum atomic E-state index is 13.4. The lowest BCUT2D eigenvalue weighted by molar-refractivity contribution is -0.142. The van der Waals surface area contributed by atoms with Crippen molar-refractivity contribution in [2.45, 2.75) is 70.5 Å². The van der Waals surface area contributed by atoms with Gasteiger partial charge in [-0.25, -0.2) is 4.79 Å². The Labute approximate surface area is 205 Å². The van der Waals surface area contributed by atoms with Crippen LogP contribution in [-0.2, 0) is 19.2 Å². The zero-order chi connectivity index (χ0) is 26.4. The fourth-order valence-electron chi connectivity index (χ4n) is 3.86. The average Bonchev–Trinajstić information content (AvgIpc) is 3.27. The second-order valence-corrected chi connectivity index (χ2v) is 8.28. The summed E-state index contributed by atoms with van der Waals surface area (Å²) in [7, 11) is 0. The van der Waals surface area contributed by atoms with E-state index in [1.807, 2.05) is 0 Å². The number of primary amides is 1. The quantitative estimate of drug-likeness (QED) is 0.0781. The fourth-order valence-corrected chi connectivity index (χ4v) is 3.86. The Kier molecular flexibility index (Phi) is 12.9. The summed E-state index contributed by atoms with van der Waals surface area (Å²) in [4.78, 5) is 66.8. The first-order valence-electron chi connectivity index (χ1n) is 11.8. The number of hydrogen-bond acceptors (Lipinski definition) is 6. The van der Waals surface area contributed by atoms with Crippen LogP contribution in [0.3, 0.4) is 0 Å². The van der Waals surface area contributed by atoms with Gasteiger partial charge in [-0.15, -0.1) is 0 Å². The molecule has 0 aromatic rings. The van der Waals surface area contributed by atoms with Crippen LogP contribution in [0.2, 0.25) is 0 Å². The van der Waals surface area contributed by atoms with Crippen LogP contribution >= 0.6 is 0 Å². The molecule has 35 heavy (non-hydrogen) atoms. The molecule has 1 aliphatic rings. The molecule has 1 fully saturated rings. The minimum Gasteiger partial charge on any atom is -0.370 e. The molecule has 198 valence electrons. The molecule has 14 heteroatoms. The van der Waals surface area contributed by atoms with Crippen molar-refractivity contribution in [1.82, 2.24) is 26.2 Å². The summed E-state index contributed by atoms with van der Waals surface area (Å²) in [5.41, 5.74) is 15.7. The summed E-state index contributed by atoms with van der Waals surface area (Å²) in [6, 6.07) is -3.17. The molecule has 0 spiro atoms. The first-order chi connectivity index (χ1) is 16.6. The van der Waals surface area contributed by atoms with Gasteiger partial charge in [0, 0.05) is 33.1 Å². The lowest BCUT2D eigenvalue weighted by atomic mass is 10.1. The van der Waals surface area contributed by atoms with Crippen LogP contribution in [0.5, 0.6) is 0 Å². The highest BCUT2D eigenvalue weighted by molar-refractivity contribution is 5.94. The van der Waals surface area contributed by atoms with Gasteiger partial charge in [-0.1, -0.05) is 0 Å². The average molecular weight is 498 g/mol. The first-order valence-corrected chi connectivity index (χ1v) is 11.8. The zero-order valence-electron chi connectivity index (χ0n) is 20.5. The largest absolute Gasteiger partial charge is 0.370 e. The Morgan fingerprint density at radius 3 is 2.29 bits per heavy atom. The Morgan fingerprint density at radius 2 is 1.69 bits per heavy atom. The number of rotatable bonds is 14. The maximum absolute atomic E-state index is 13.4. The summed E-state index contributed by atoms with van der Waals surface area (Å²) >= 11 is 0. The molecule has 14 nitrogen and oxygen atoms in total. The first kappa shape index (κ1) is 29.5. The van der Waals surface area contributed by atoms with Gasteiger partial charge in [0.05, 0.1) is 0 Å². The molecular formula is C21H39N9O5. The molecule has 0 bridgehead atoms. The number of aliphatic imine (C=N–C) groups is 1. The Bertz CT molecular complexity index is 785.